The highest BCUT2D eigenvalue weighted by molar-refractivity contribution is 5.98. The Morgan fingerprint density at radius 1 is 1.21 bits per heavy atom. The molecule has 0 aliphatic carbocycles. The zero-order chi connectivity index (χ0) is 18.3. The largest absolute Gasteiger partial charge is 0.480 e. The van der Waals surface area contributed by atoms with Gasteiger partial charge < -0.3 is 15.3 Å². The third-order valence-corrected chi connectivity index (χ3v) is 3.72. The van der Waals surface area contributed by atoms with Crippen LogP contribution in [0.2, 0.25) is 0 Å². The monoisotopic (exact) mass is 334 g/mol. The highest BCUT2D eigenvalue weighted by Crippen LogP contribution is 2.12. The van der Waals surface area contributed by atoms with Crippen LogP contribution in [0.5, 0.6) is 0 Å². The molecule has 0 saturated carbocycles. The molecule has 6 heteroatoms. The van der Waals surface area contributed by atoms with Gasteiger partial charge in [0.1, 0.15) is 12.6 Å². The maximum absolute atomic E-state index is 12.6. The molecule has 0 aliphatic rings. The van der Waals surface area contributed by atoms with Crippen molar-refractivity contribution in [3.63, 3.8) is 0 Å². The van der Waals surface area contributed by atoms with Gasteiger partial charge in [0.05, 0.1) is 0 Å². The highest BCUT2D eigenvalue weighted by Gasteiger charge is 2.27. The third kappa shape index (κ3) is 5.68. The van der Waals surface area contributed by atoms with Crippen LogP contribution in [0.15, 0.2) is 24.3 Å². The topological polar surface area (TPSA) is 86.7 Å². The lowest BCUT2D eigenvalue weighted by atomic mass is 10.0. The summed E-state index contributed by atoms with van der Waals surface area (Å²) >= 11 is 0. The van der Waals surface area contributed by atoms with E-state index in [1.807, 2.05) is 32.9 Å². The van der Waals surface area contributed by atoms with Gasteiger partial charge in [-0.2, -0.15) is 0 Å². The van der Waals surface area contributed by atoms with Crippen LogP contribution in [0.25, 0.3) is 0 Å². The normalized spacial score (nSPS) is 11.9. The molecule has 0 spiro atoms. The van der Waals surface area contributed by atoms with Crippen LogP contribution in [-0.4, -0.2) is 46.9 Å². The van der Waals surface area contributed by atoms with Gasteiger partial charge in [-0.15, -0.1) is 0 Å². The number of hydrogen-bond donors (Lipinski definition) is 2. The summed E-state index contributed by atoms with van der Waals surface area (Å²) in [6.45, 7) is 7.36. The molecule has 6 nitrogen and oxygen atoms in total. The minimum Gasteiger partial charge on any atom is -0.480 e. The minimum absolute atomic E-state index is 0.180. The van der Waals surface area contributed by atoms with E-state index in [0.29, 0.717) is 12.0 Å². The molecular formula is C18H26N2O4. The summed E-state index contributed by atoms with van der Waals surface area (Å²) < 4.78 is 0. The second kappa shape index (κ2) is 9.05. The molecule has 0 saturated heterocycles. The van der Waals surface area contributed by atoms with Crippen LogP contribution >= 0.6 is 0 Å². The fourth-order valence-corrected chi connectivity index (χ4v) is 2.49. The number of carbonyl (C=O) groups is 3. The molecular weight excluding hydrogens is 308 g/mol. The van der Waals surface area contributed by atoms with E-state index in [2.05, 4.69) is 5.32 Å². The number of carboxylic acids is 1. The van der Waals surface area contributed by atoms with E-state index in [9.17, 15) is 14.4 Å². The highest BCUT2D eigenvalue weighted by atomic mass is 16.4. The standard InChI is InChI=1S/C18H26N2O4/c1-5-20(11-16(21)22)18(24)15(10-12(2)3)19-17(23)14-9-7-6-8-13(14)4/h6-9,12,15H,5,10-11H2,1-4H3,(H,19,23)(H,21,22). The SMILES string of the molecule is CCN(CC(=O)O)C(=O)C(CC(C)C)NC(=O)c1ccccc1C. The summed E-state index contributed by atoms with van der Waals surface area (Å²) in [5.74, 6) is -1.58. The molecule has 0 radical (unpaired) electrons. The lowest BCUT2D eigenvalue weighted by Gasteiger charge is -2.27. The number of aliphatic carboxylic acids is 1. The first-order valence-electron chi connectivity index (χ1n) is 8.13. The predicted molar refractivity (Wildman–Crippen MR) is 91.8 cm³/mol. The van der Waals surface area contributed by atoms with Crippen LogP contribution in [0.1, 0.15) is 43.1 Å². The number of rotatable bonds is 8. The Morgan fingerprint density at radius 2 is 1.83 bits per heavy atom. The molecule has 0 bridgehead atoms. The molecule has 0 fully saturated rings. The third-order valence-electron chi connectivity index (χ3n) is 3.72. The molecule has 1 unspecified atom stereocenters. The number of carbonyl (C=O) groups excluding carboxylic acids is 2. The Kier molecular flexibility index (Phi) is 7.42. The molecule has 0 aliphatic heterocycles. The van der Waals surface area contributed by atoms with Gasteiger partial charge in [-0.1, -0.05) is 32.0 Å². The maximum atomic E-state index is 12.6. The van der Waals surface area contributed by atoms with E-state index in [1.54, 1.807) is 19.1 Å². The lowest BCUT2D eigenvalue weighted by Crippen LogP contribution is -2.50. The first kappa shape index (κ1) is 19.7. The van der Waals surface area contributed by atoms with Gasteiger partial charge in [0.2, 0.25) is 5.91 Å². The van der Waals surface area contributed by atoms with Crippen LogP contribution in [0, 0.1) is 12.8 Å². The quantitative estimate of drug-likeness (QED) is 0.762. The molecule has 0 heterocycles. The van der Waals surface area contributed by atoms with Gasteiger partial charge in [-0.05, 0) is 37.8 Å². The van der Waals surface area contributed by atoms with Crippen LogP contribution in [0.3, 0.4) is 0 Å². The second-order valence-electron chi connectivity index (χ2n) is 6.22. The summed E-state index contributed by atoms with van der Waals surface area (Å²) in [5, 5.41) is 11.7. The molecule has 0 aromatic heterocycles. The number of nitrogens with one attached hydrogen (secondary N) is 1. The predicted octanol–water partition coefficient (Wildman–Crippen LogP) is 2.07. The molecule has 1 aromatic carbocycles. The van der Waals surface area contributed by atoms with Crippen LogP contribution in [-0.2, 0) is 9.59 Å². The number of nitrogens with zero attached hydrogens (tertiary/aromatic N) is 1. The average Bonchev–Trinajstić information content (AvgIpc) is 2.51. The Labute approximate surface area is 142 Å². The summed E-state index contributed by atoms with van der Waals surface area (Å²) in [6, 6.07) is 6.41. The van der Waals surface area contributed by atoms with Gasteiger partial charge in [0.25, 0.3) is 5.91 Å². The van der Waals surface area contributed by atoms with E-state index < -0.39 is 12.0 Å². The summed E-state index contributed by atoms with van der Waals surface area (Å²) in [5.41, 5.74) is 1.34. The second-order valence-corrected chi connectivity index (χ2v) is 6.22. The molecule has 1 aromatic rings. The van der Waals surface area contributed by atoms with E-state index >= 15 is 0 Å². The van der Waals surface area contributed by atoms with E-state index in [-0.39, 0.29) is 30.8 Å². The molecule has 132 valence electrons. The molecule has 2 N–H and O–H groups in total. The van der Waals surface area contributed by atoms with Gasteiger partial charge in [0, 0.05) is 12.1 Å². The number of benzene rings is 1. The molecule has 2 amide bonds. The molecule has 24 heavy (non-hydrogen) atoms. The minimum atomic E-state index is -1.07. The van der Waals surface area contributed by atoms with Gasteiger partial charge in [-0.25, -0.2) is 0 Å². The van der Waals surface area contributed by atoms with E-state index in [4.69, 9.17) is 5.11 Å². The summed E-state index contributed by atoms with van der Waals surface area (Å²) in [7, 11) is 0. The van der Waals surface area contributed by atoms with Crippen molar-refractivity contribution < 1.29 is 19.5 Å². The van der Waals surface area contributed by atoms with Crippen molar-refractivity contribution in [2.24, 2.45) is 5.92 Å². The fourth-order valence-electron chi connectivity index (χ4n) is 2.49. The number of carboxylic acid groups (broad SMARTS) is 1. The van der Waals surface area contributed by atoms with Crippen LogP contribution in [0.4, 0.5) is 0 Å². The lowest BCUT2D eigenvalue weighted by molar-refractivity contribution is -0.145. The first-order valence-corrected chi connectivity index (χ1v) is 8.13. The van der Waals surface area contributed by atoms with E-state index in [1.165, 1.54) is 4.90 Å². The Balaban J connectivity index is 2.96. The number of hydrogen-bond acceptors (Lipinski definition) is 3. The zero-order valence-corrected chi connectivity index (χ0v) is 14.7. The summed E-state index contributed by atoms with van der Waals surface area (Å²) in [4.78, 5) is 37.3. The molecule has 1 atom stereocenters. The number of aryl methyl sites for hydroxylation is 1. The maximum Gasteiger partial charge on any atom is 0.323 e. The van der Waals surface area contributed by atoms with Gasteiger partial charge >= 0.3 is 5.97 Å². The first-order chi connectivity index (χ1) is 11.3. The summed E-state index contributed by atoms with van der Waals surface area (Å²) in [6.07, 6.45) is 0.451. The van der Waals surface area contributed by atoms with Crippen molar-refractivity contribution in [3.05, 3.63) is 35.4 Å². The van der Waals surface area contributed by atoms with Crippen molar-refractivity contribution in [2.45, 2.75) is 40.2 Å². The van der Waals surface area contributed by atoms with Crippen molar-refractivity contribution in [3.8, 4) is 0 Å². The smallest absolute Gasteiger partial charge is 0.323 e. The van der Waals surface area contributed by atoms with Crippen molar-refractivity contribution >= 4 is 17.8 Å². The van der Waals surface area contributed by atoms with Crippen molar-refractivity contribution in [1.29, 1.82) is 0 Å². The van der Waals surface area contributed by atoms with Gasteiger partial charge in [-0.3, -0.25) is 14.4 Å². The fraction of sp³-hybridized carbons (Fsp3) is 0.500. The number of amides is 2. The Morgan fingerprint density at radius 3 is 2.33 bits per heavy atom. The Hall–Kier alpha value is -2.37. The Bertz CT molecular complexity index is 598. The zero-order valence-electron chi connectivity index (χ0n) is 14.7. The van der Waals surface area contributed by atoms with Crippen molar-refractivity contribution in [2.75, 3.05) is 13.1 Å². The number of likely N-dealkylation sites (N-methyl/N-ethyl adjacent to an activating group) is 1. The van der Waals surface area contributed by atoms with Crippen molar-refractivity contribution in [1.82, 2.24) is 10.2 Å². The van der Waals surface area contributed by atoms with E-state index in [0.717, 1.165) is 5.56 Å². The average molecular weight is 334 g/mol. The van der Waals surface area contributed by atoms with Gasteiger partial charge in [0.15, 0.2) is 0 Å². The molecule has 1 rings (SSSR count). The van der Waals surface area contributed by atoms with Crippen LogP contribution < -0.4 is 5.32 Å².